The number of amides is 1. The molecule has 2 aromatic carbocycles. The summed E-state index contributed by atoms with van der Waals surface area (Å²) in [5, 5.41) is 5.94. The van der Waals surface area contributed by atoms with E-state index in [0.29, 0.717) is 23.2 Å². The number of carbonyl (C=O) groups is 1. The van der Waals surface area contributed by atoms with Crippen molar-refractivity contribution in [3.63, 3.8) is 0 Å². The van der Waals surface area contributed by atoms with Crippen molar-refractivity contribution in [2.75, 3.05) is 30.1 Å². The normalized spacial score (nSPS) is 19.3. The standard InChI is InChI=1S/C22H22N4O3/c27-21-18(12-15-4-9-19-20(13-15)29-14-28-19)24-22(25-21)23-16-5-7-17(8-6-16)26-10-2-1-3-11-26/h4-9,12-13H,1-3,10-11,14H2,(H2,23,24,25,27)/b18-12-. The zero-order chi connectivity index (χ0) is 19.6. The van der Waals surface area contributed by atoms with Crippen molar-refractivity contribution in [3.05, 3.63) is 53.7 Å². The number of fused-ring (bicyclic) bond motifs is 1. The number of guanidine groups is 1. The molecule has 0 bridgehead atoms. The lowest BCUT2D eigenvalue weighted by Crippen LogP contribution is -2.30. The number of hydrogen-bond acceptors (Lipinski definition) is 6. The molecule has 2 aromatic rings. The van der Waals surface area contributed by atoms with Gasteiger partial charge in [0.15, 0.2) is 11.5 Å². The summed E-state index contributed by atoms with van der Waals surface area (Å²) in [5.74, 6) is 1.57. The van der Waals surface area contributed by atoms with E-state index in [9.17, 15) is 4.79 Å². The van der Waals surface area contributed by atoms with Crippen molar-refractivity contribution in [3.8, 4) is 11.5 Å². The zero-order valence-electron chi connectivity index (χ0n) is 16.0. The van der Waals surface area contributed by atoms with Crippen LogP contribution in [0.2, 0.25) is 0 Å². The van der Waals surface area contributed by atoms with Crippen LogP contribution in [-0.2, 0) is 4.79 Å². The van der Waals surface area contributed by atoms with E-state index in [1.807, 2.05) is 30.3 Å². The number of anilines is 2. The van der Waals surface area contributed by atoms with Gasteiger partial charge in [-0.3, -0.25) is 10.1 Å². The molecule has 2 N–H and O–H groups in total. The summed E-state index contributed by atoms with van der Waals surface area (Å²) in [6, 6.07) is 13.8. The maximum absolute atomic E-state index is 12.3. The van der Waals surface area contributed by atoms with Crippen molar-refractivity contribution in [1.29, 1.82) is 0 Å². The van der Waals surface area contributed by atoms with Gasteiger partial charge in [-0.2, -0.15) is 0 Å². The van der Waals surface area contributed by atoms with E-state index in [4.69, 9.17) is 9.47 Å². The van der Waals surface area contributed by atoms with Crippen LogP contribution in [0.25, 0.3) is 6.08 Å². The third-order valence-corrected chi connectivity index (χ3v) is 5.25. The largest absolute Gasteiger partial charge is 0.454 e. The van der Waals surface area contributed by atoms with Crippen LogP contribution in [0, 0.1) is 0 Å². The maximum atomic E-state index is 12.3. The van der Waals surface area contributed by atoms with Crippen molar-refractivity contribution >= 4 is 29.3 Å². The average molecular weight is 390 g/mol. The van der Waals surface area contributed by atoms with Crippen LogP contribution in [0.5, 0.6) is 11.5 Å². The van der Waals surface area contributed by atoms with Gasteiger partial charge in [0.1, 0.15) is 5.70 Å². The van der Waals surface area contributed by atoms with Crippen LogP contribution in [0.1, 0.15) is 24.8 Å². The van der Waals surface area contributed by atoms with Crippen molar-refractivity contribution in [2.24, 2.45) is 4.99 Å². The molecule has 1 saturated heterocycles. The number of ether oxygens (including phenoxy) is 2. The fourth-order valence-electron chi connectivity index (χ4n) is 3.73. The Balaban J connectivity index is 1.28. The lowest BCUT2D eigenvalue weighted by molar-refractivity contribution is -0.115. The molecule has 5 rings (SSSR count). The first-order chi connectivity index (χ1) is 14.2. The summed E-state index contributed by atoms with van der Waals surface area (Å²) >= 11 is 0. The van der Waals surface area contributed by atoms with Gasteiger partial charge in [0.05, 0.1) is 0 Å². The first-order valence-electron chi connectivity index (χ1n) is 9.88. The van der Waals surface area contributed by atoms with Gasteiger partial charge < -0.3 is 19.7 Å². The Bertz CT molecular complexity index is 992. The third kappa shape index (κ3) is 3.76. The first-order valence-corrected chi connectivity index (χ1v) is 9.88. The van der Waals surface area contributed by atoms with Gasteiger partial charge in [0, 0.05) is 24.5 Å². The molecule has 1 fully saturated rings. The van der Waals surface area contributed by atoms with Gasteiger partial charge in [-0.05, 0) is 67.3 Å². The van der Waals surface area contributed by atoms with E-state index in [1.165, 1.54) is 24.9 Å². The Morgan fingerprint density at radius 2 is 1.79 bits per heavy atom. The minimum absolute atomic E-state index is 0.221. The second-order valence-electron chi connectivity index (χ2n) is 7.28. The Kier molecular flexibility index (Phi) is 4.56. The van der Waals surface area contributed by atoms with Gasteiger partial charge >= 0.3 is 0 Å². The average Bonchev–Trinajstić information content (AvgIpc) is 3.35. The van der Waals surface area contributed by atoms with E-state index in [1.54, 1.807) is 6.08 Å². The molecule has 0 spiro atoms. The second-order valence-corrected chi connectivity index (χ2v) is 7.28. The topological polar surface area (TPSA) is 75.2 Å². The Labute approximate surface area is 169 Å². The molecule has 148 valence electrons. The van der Waals surface area contributed by atoms with Gasteiger partial charge in [0.2, 0.25) is 12.8 Å². The van der Waals surface area contributed by atoms with Crippen LogP contribution in [0.3, 0.4) is 0 Å². The van der Waals surface area contributed by atoms with E-state index < -0.39 is 0 Å². The van der Waals surface area contributed by atoms with E-state index in [2.05, 4.69) is 32.7 Å². The molecule has 3 heterocycles. The minimum Gasteiger partial charge on any atom is -0.454 e. The number of benzene rings is 2. The van der Waals surface area contributed by atoms with Gasteiger partial charge in [0.25, 0.3) is 5.91 Å². The molecule has 1 amide bonds. The van der Waals surface area contributed by atoms with Crippen LogP contribution < -0.4 is 25.0 Å². The van der Waals surface area contributed by atoms with Gasteiger partial charge in [-0.15, -0.1) is 0 Å². The minimum atomic E-state index is -0.241. The number of carbonyl (C=O) groups excluding carboxylic acids is 1. The van der Waals surface area contributed by atoms with Gasteiger partial charge in [-0.1, -0.05) is 6.07 Å². The number of nitrogens with zero attached hydrogens (tertiary/aromatic N) is 2. The molecule has 0 radical (unpaired) electrons. The number of nitrogens with one attached hydrogen (secondary N) is 2. The fourth-order valence-corrected chi connectivity index (χ4v) is 3.73. The lowest BCUT2D eigenvalue weighted by atomic mass is 10.1. The molecule has 7 nitrogen and oxygen atoms in total. The maximum Gasteiger partial charge on any atom is 0.276 e. The smallest absolute Gasteiger partial charge is 0.276 e. The highest BCUT2D eigenvalue weighted by Crippen LogP contribution is 2.33. The second kappa shape index (κ2) is 7.50. The molecular weight excluding hydrogens is 368 g/mol. The molecule has 3 aliphatic rings. The first kappa shape index (κ1) is 17.6. The molecule has 0 unspecified atom stereocenters. The summed E-state index contributed by atoms with van der Waals surface area (Å²) in [5.41, 5.74) is 3.29. The number of hydrogen-bond donors (Lipinski definition) is 2. The quantitative estimate of drug-likeness (QED) is 0.787. The Morgan fingerprint density at radius 3 is 2.62 bits per heavy atom. The fraction of sp³-hybridized carbons (Fsp3) is 0.273. The van der Waals surface area contributed by atoms with Crippen molar-refractivity contribution in [1.82, 2.24) is 5.32 Å². The highest BCUT2D eigenvalue weighted by Gasteiger charge is 2.21. The Morgan fingerprint density at radius 1 is 1.00 bits per heavy atom. The van der Waals surface area contributed by atoms with E-state index in [0.717, 1.165) is 24.3 Å². The SMILES string of the molecule is O=C1NC(Nc2ccc(N3CCCCC3)cc2)=N/C1=C\c1ccc2c(c1)OCO2. The summed E-state index contributed by atoms with van der Waals surface area (Å²) in [7, 11) is 0. The van der Waals surface area contributed by atoms with Gasteiger partial charge in [-0.25, -0.2) is 4.99 Å². The summed E-state index contributed by atoms with van der Waals surface area (Å²) in [6.45, 7) is 2.45. The summed E-state index contributed by atoms with van der Waals surface area (Å²) in [4.78, 5) is 19.1. The molecular formula is C22H22N4O3. The zero-order valence-corrected chi connectivity index (χ0v) is 16.0. The number of rotatable bonds is 3. The predicted octanol–water partition coefficient (Wildman–Crippen LogP) is 3.34. The highest BCUT2D eigenvalue weighted by atomic mass is 16.7. The number of piperidine rings is 1. The molecule has 3 aliphatic heterocycles. The molecule has 0 aliphatic carbocycles. The molecule has 29 heavy (non-hydrogen) atoms. The van der Waals surface area contributed by atoms with Crippen molar-refractivity contribution < 1.29 is 14.3 Å². The monoisotopic (exact) mass is 390 g/mol. The predicted molar refractivity (Wildman–Crippen MR) is 112 cm³/mol. The molecule has 0 saturated carbocycles. The molecule has 0 aromatic heterocycles. The van der Waals surface area contributed by atoms with Crippen LogP contribution >= 0.6 is 0 Å². The third-order valence-electron chi connectivity index (χ3n) is 5.25. The number of aliphatic imine (C=N–C) groups is 1. The van der Waals surface area contributed by atoms with Crippen LogP contribution in [0.4, 0.5) is 11.4 Å². The highest BCUT2D eigenvalue weighted by molar-refractivity contribution is 6.17. The molecule has 7 heteroatoms. The summed E-state index contributed by atoms with van der Waals surface area (Å²) < 4.78 is 10.7. The molecule has 0 atom stereocenters. The van der Waals surface area contributed by atoms with E-state index in [-0.39, 0.29) is 12.7 Å². The van der Waals surface area contributed by atoms with Crippen molar-refractivity contribution in [2.45, 2.75) is 19.3 Å². The summed E-state index contributed by atoms with van der Waals surface area (Å²) in [6.07, 6.45) is 5.55. The Hall–Kier alpha value is -3.48. The van der Waals surface area contributed by atoms with Crippen LogP contribution in [0.15, 0.2) is 53.2 Å². The van der Waals surface area contributed by atoms with Crippen LogP contribution in [-0.4, -0.2) is 31.7 Å². The van der Waals surface area contributed by atoms with E-state index >= 15 is 0 Å². The lowest BCUT2D eigenvalue weighted by Gasteiger charge is -2.28.